The van der Waals surface area contributed by atoms with Gasteiger partial charge in [-0.25, -0.2) is 13.8 Å². The Bertz CT molecular complexity index is 996. The molecule has 0 aliphatic heterocycles. The highest BCUT2D eigenvalue weighted by atomic mass is 19.1. The average Bonchev–Trinajstić information content (AvgIpc) is 3.18. The van der Waals surface area contributed by atoms with Crippen molar-refractivity contribution < 1.29 is 13.6 Å². The zero-order valence-electron chi connectivity index (χ0n) is 13.9. The summed E-state index contributed by atoms with van der Waals surface area (Å²) in [5.41, 5.74) is 4.05. The van der Waals surface area contributed by atoms with Gasteiger partial charge >= 0.3 is 0 Å². The normalized spacial score (nSPS) is 19.2. The number of carbonyl (C=O) groups is 1. The Labute approximate surface area is 143 Å². The van der Waals surface area contributed by atoms with Gasteiger partial charge in [0.15, 0.2) is 5.82 Å². The maximum absolute atomic E-state index is 13.7. The molecule has 4 nitrogen and oxygen atoms in total. The molecule has 0 spiro atoms. The van der Waals surface area contributed by atoms with E-state index in [1.54, 1.807) is 23.6 Å². The molecule has 1 fully saturated rings. The maximum Gasteiger partial charge on any atom is 0.231 e. The van der Waals surface area contributed by atoms with Crippen molar-refractivity contribution in [3.8, 4) is 11.1 Å². The number of fused-ring (bicyclic) bond motifs is 1. The number of rotatable bonds is 3. The van der Waals surface area contributed by atoms with Gasteiger partial charge in [0, 0.05) is 6.20 Å². The predicted octanol–water partition coefficient (Wildman–Crippen LogP) is 4.05. The standard InChI is InChI=1S/C19H17F2N3O/c1-10-11(2)15(20)5-4-13(10)12-3-6-18-22-17(9-24(18)8-12)23-19(25)14-7-16(14)21/h3-6,8-9,14,16H,7H2,1-2H3,(H,23,25)/t14-,16+/m1/s1. The Balaban J connectivity index is 1.66. The maximum atomic E-state index is 13.7. The first kappa shape index (κ1) is 15.7. The molecular formula is C19H17F2N3O. The van der Waals surface area contributed by atoms with Crippen LogP contribution in [0.1, 0.15) is 17.5 Å². The average molecular weight is 341 g/mol. The van der Waals surface area contributed by atoms with Crippen LogP contribution in [0.25, 0.3) is 16.8 Å². The summed E-state index contributed by atoms with van der Waals surface area (Å²) in [5, 5.41) is 2.65. The molecule has 1 aromatic carbocycles. The van der Waals surface area contributed by atoms with Crippen LogP contribution in [0.15, 0.2) is 36.7 Å². The van der Waals surface area contributed by atoms with Gasteiger partial charge in [0.05, 0.1) is 12.1 Å². The largest absolute Gasteiger partial charge is 0.309 e. The molecule has 3 aromatic rings. The number of benzene rings is 1. The summed E-state index contributed by atoms with van der Waals surface area (Å²) < 4.78 is 28.4. The minimum Gasteiger partial charge on any atom is -0.309 e. The van der Waals surface area contributed by atoms with Crippen LogP contribution < -0.4 is 5.32 Å². The number of nitrogens with zero attached hydrogens (tertiary/aromatic N) is 2. The number of amides is 1. The van der Waals surface area contributed by atoms with Crippen LogP contribution in [0.4, 0.5) is 14.6 Å². The molecule has 1 N–H and O–H groups in total. The van der Waals surface area contributed by atoms with Gasteiger partial charge in [-0.05, 0) is 60.7 Å². The van der Waals surface area contributed by atoms with Crippen molar-refractivity contribution in [1.29, 1.82) is 0 Å². The van der Waals surface area contributed by atoms with Gasteiger partial charge in [-0.1, -0.05) is 6.07 Å². The summed E-state index contributed by atoms with van der Waals surface area (Å²) >= 11 is 0. The molecule has 6 heteroatoms. The van der Waals surface area contributed by atoms with E-state index in [-0.39, 0.29) is 18.1 Å². The SMILES string of the molecule is Cc1c(F)ccc(-c2ccc3nc(NC(=O)[C@@H]4C[C@@H]4F)cn3c2)c1C. The molecule has 1 saturated carbocycles. The van der Waals surface area contributed by atoms with Crippen molar-refractivity contribution in [1.82, 2.24) is 9.38 Å². The zero-order chi connectivity index (χ0) is 17.7. The van der Waals surface area contributed by atoms with Crippen molar-refractivity contribution in [2.45, 2.75) is 26.4 Å². The number of anilines is 1. The highest BCUT2D eigenvalue weighted by Crippen LogP contribution is 2.34. The van der Waals surface area contributed by atoms with E-state index in [2.05, 4.69) is 10.3 Å². The Morgan fingerprint density at radius 1 is 1.20 bits per heavy atom. The first-order valence-corrected chi connectivity index (χ1v) is 8.14. The van der Waals surface area contributed by atoms with Crippen molar-refractivity contribution in [3.05, 3.63) is 53.6 Å². The molecule has 0 saturated heterocycles. The van der Waals surface area contributed by atoms with Gasteiger partial charge in [0.1, 0.15) is 17.6 Å². The quantitative estimate of drug-likeness (QED) is 0.781. The van der Waals surface area contributed by atoms with Gasteiger partial charge < -0.3 is 9.72 Å². The second kappa shape index (κ2) is 5.65. The van der Waals surface area contributed by atoms with E-state index in [1.807, 2.05) is 25.3 Å². The molecule has 2 heterocycles. The first-order valence-electron chi connectivity index (χ1n) is 8.14. The minimum atomic E-state index is -1.03. The number of carbonyl (C=O) groups excluding carboxylic acids is 1. The molecule has 128 valence electrons. The lowest BCUT2D eigenvalue weighted by Gasteiger charge is -2.10. The number of hydrogen-bond donors (Lipinski definition) is 1. The lowest BCUT2D eigenvalue weighted by molar-refractivity contribution is -0.117. The van der Waals surface area contributed by atoms with E-state index in [0.29, 0.717) is 17.0 Å². The third-order valence-electron chi connectivity index (χ3n) is 4.78. The molecule has 2 aromatic heterocycles. The molecule has 0 unspecified atom stereocenters. The summed E-state index contributed by atoms with van der Waals surface area (Å²) in [4.78, 5) is 16.2. The molecular weight excluding hydrogens is 324 g/mol. The number of halogens is 2. The van der Waals surface area contributed by atoms with Crippen LogP contribution in [0.2, 0.25) is 0 Å². The summed E-state index contributed by atoms with van der Waals surface area (Å²) in [7, 11) is 0. The van der Waals surface area contributed by atoms with E-state index < -0.39 is 12.1 Å². The van der Waals surface area contributed by atoms with E-state index in [4.69, 9.17) is 0 Å². The predicted molar refractivity (Wildman–Crippen MR) is 91.7 cm³/mol. The van der Waals surface area contributed by atoms with Crippen molar-refractivity contribution in [2.75, 3.05) is 5.32 Å². The monoisotopic (exact) mass is 341 g/mol. The molecule has 0 bridgehead atoms. The van der Waals surface area contributed by atoms with Crippen LogP contribution in [0.3, 0.4) is 0 Å². The van der Waals surface area contributed by atoms with Gasteiger partial charge in [-0.2, -0.15) is 0 Å². The molecule has 25 heavy (non-hydrogen) atoms. The second-order valence-corrected chi connectivity index (χ2v) is 6.50. The zero-order valence-corrected chi connectivity index (χ0v) is 13.9. The number of alkyl halides is 1. The Kier molecular flexibility index (Phi) is 3.56. The number of nitrogens with one attached hydrogen (secondary N) is 1. The Morgan fingerprint density at radius 2 is 1.96 bits per heavy atom. The fourth-order valence-corrected chi connectivity index (χ4v) is 2.97. The number of aromatic nitrogens is 2. The molecule has 4 rings (SSSR count). The van der Waals surface area contributed by atoms with Crippen molar-refractivity contribution in [3.63, 3.8) is 0 Å². The van der Waals surface area contributed by atoms with Crippen LogP contribution in [0, 0.1) is 25.6 Å². The number of hydrogen-bond acceptors (Lipinski definition) is 2. The molecule has 1 amide bonds. The minimum absolute atomic E-state index is 0.221. The third-order valence-corrected chi connectivity index (χ3v) is 4.78. The van der Waals surface area contributed by atoms with Gasteiger partial charge in [-0.15, -0.1) is 0 Å². The van der Waals surface area contributed by atoms with E-state index >= 15 is 0 Å². The van der Waals surface area contributed by atoms with E-state index in [0.717, 1.165) is 16.7 Å². The molecule has 1 aliphatic rings. The van der Waals surface area contributed by atoms with Gasteiger partial charge in [-0.3, -0.25) is 4.79 Å². The third kappa shape index (κ3) is 2.77. The highest BCUT2D eigenvalue weighted by molar-refractivity contribution is 5.94. The Hall–Kier alpha value is -2.76. The Morgan fingerprint density at radius 3 is 2.68 bits per heavy atom. The highest BCUT2D eigenvalue weighted by Gasteiger charge is 2.43. The van der Waals surface area contributed by atoms with Crippen molar-refractivity contribution in [2.24, 2.45) is 5.92 Å². The fraction of sp³-hybridized carbons (Fsp3) is 0.263. The van der Waals surface area contributed by atoms with Crippen LogP contribution in [-0.4, -0.2) is 21.5 Å². The second-order valence-electron chi connectivity index (χ2n) is 6.50. The smallest absolute Gasteiger partial charge is 0.231 e. The number of pyridine rings is 1. The first-order chi connectivity index (χ1) is 11.9. The number of imidazole rings is 1. The van der Waals surface area contributed by atoms with Crippen LogP contribution in [0.5, 0.6) is 0 Å². The summed E-state index contributed by atoms with van der Waals surface area (Å²) in [6.45, 7) is 3.65. The summed E-state index contributed by atoms with van der Waals surface area (Å²) in [6.07, 6.45) is 2.82. The summed E-state index contributed by atoms with van der Waals surface area (Å²) in [6, 6.07) is 6.96. The molecule has 2 atom stereocenters. The van der Waals surface area contributed by atoms with E-state index in [1.165, 1.54) is 6.07 Å². The van der Waals surface area contributed by atoms with Crippen LogP contribution >= 0.6 is 0 Å². The molecule has 1 aliphatic carbocycles. The molecule has 0 radical (unpaired) electrons. The van der Waals surface area contributed by atoms with E-state index in [9.17, 15) is 13.6 Å². The summed E-state index contributed by atoms with van der Waals surface area (Å²) in [5.74, 6) is -0.708. The topological polar surface area (TPSA) is 46.4 Å². The lowest BCUT2D eigenvalue weighted by atomic mass is 9.98. The lowest BCUT2D eigenvalue weighted by Crippen LogP contribution is -2.15. The van der Waals surface area contributed by atoms with Gasteiger partial charge in [0.2, 0.25) is 5.91 Å². The van der Waals surface area contributed by atoms with Crippen LogP contribution in [-0.2, 0) is 4.79 Å². The fourth-order valence-electron chi connectivity index (χ4n) is 2.97. The van der Waals surface area contributed by atoms with Crippen molar-refractivity contribution >= 4 is 17.4 Å². The van der Waals surface area contributed by atoms with Gasteiger partial charge in [0.25, 0.3) is 0 Å².